The van der Waals surface area contributed by atoms with Gasteiger partial charge in [0.25, 0.3) is 0 Å². The maximum absolute atomic E-state index is 2.68. The van der Waals surface area contributed by atoms with Crippen molar-refractivity contribution in [1.82, 2.24) is 0 Å². The van der Waals surface area contributed by atoms with Gasteiger partial charge in [-0.3, -0.25) is 0 Å². The van der Waals surface area contributed by atoms with Gasteiger partial charge < -0.3 is 0 Å². The number of benzene rings is 2. The first-order valence-corrected chi connectivity index (χ1v) is 15.4. The third kappa shape index (κ3) is 3.75. The van der Waals surface area contributed by atoms with E-state index in [0.717, 1.165) is 23.3 Å². The minimum atomic E-state index is -1.31. The van der Waals surface area contributed by atoms with E-state index in [1.54, 1.807) is 5.57 Å². The Morgan fingerprint density at radius 3 is 2.57 bits per heavy atom. The molecule has 0 N–H and O–H groups in total. The van der Waals surface area contributed by atoms with Crippen LogP contribution in [0.1, 0.15) is 50.3 Å². The molecule has 160 valence electrons. The molecular formula is C29H40Si. The van der Waals surface area contributed by atoms with Crippen LogP contribution in [-0.4, -0.2) is 8.07 Å². The largest absolute Gasteiger partial charge is 0.0808 e. The van der Waals surface area contributed by atoms with Crippen molar-refractivity contribution in [2.45, 2.75) is 72.1 Å². The van der Waals surface area contributed by atoms with Crippen LogP contribution in [-0.2, 0) is 0 Å². The molecule has 1 saturated carbocycles. The van der Waals surface area contributed by atoms with Gasteiger partial charge in [0.05, 0.1) is 8.07 Å². The normalized spacial score (nSPS) is 27.2. The Hall–Kier alpha value is -1.60. The van der Waals surface area contributed by atoms with Gasteiger partial charge in [0.1, 0.15) is 0 Å². The molecule has 0 amide bonds. The van der Waals surface area contributed by atoms with Crippen LogP contribution in [0, 0.1) is 37.5 Å². The Kier molecular flexibility index (Phi) is 5.87. The molecule has 4 rings (SSSR count). The van der Waals surface area contributed by atoms with Crippen molar-refractivity contribution in [2.24, 2.45) is 23.7 Å². The first-order chi connectivity index (χ1) is 14.2. The second kappa shape index (κ2) is 8.15. The molecule has 1 fully saturated rings. The highest BCUT2D eigenvalue weighted by molar-refractivity contribution is 6.79. The van der Waals surface area contributed by atoms with Crippen LogP contribution < -0.4 is 0 Å². The standard InChI is InChI=1S/C29H40Si/c1-8-19(2)18-30(6,7)29-22(5)17-28-24(10-9-11-26(28)29)25-15-13-21(4)23-14-12-20(3)16-27(23)25/h9-16,19,22,26,28-29H,8,17-18H2,1-7H3. The Labute approximate surface area is 185 Å². The van der Waals surface area contributed by atoms with Gasteiger partial charge in [-0.25, -0.2) is 0 Å². The average Bonchev–Trinajstić information content (AvgIpc) is 3.04. The Morgan fingerprint density at radius 1 is 1.07 bits per heavy atom. The van der Waals surface area contributed by atoms with Crippen molar-refractivity contribution in [3.05, 3.63) is 65.3 Å². The van der Waals surface area contributed by atoms with E-state index in [2.05, 4.69) is 96.3 Å². The zero-order chi connectivity index (χ0) is 21.6. The van der Waals surface area contributed by atoms with E-state index in [0.29, 0.717) is 5.92 Å². The van der Waals surface area contributed by atoms with E-state index < -0.39 is 8.07 Å². The zero-order valence-corrected chi connectivity index (χ0v) is 21.1. The molecule has 2 aromatic rings. The van der Waals surface area contributed by atoms with E-state index in [-0.39, 0.29) is 0 Å². The summed E-state index contributed by atoms with van der Waals surface area (Å²) in [5.41, 5.74) is 6.72. The molecule has 30 heavy (non-hydrogen) atoms. The highest BCUT2D eigenvalue weighted by atomic mass is 28.3. The van der Waals surface area contributed by atoms with Gasteiger partial charge in [-0.1, -0.05) is 100 Å². The summed E-state index contributed by atoms with van der Waals surface area (Å²) in [4.78, 5) is 0. The molecule has 0 radical (unpaired) electrons. The summed E-state index contributed by atoms with van der Waals surface area (Å²) in [6.07, 6.45) is 10.1. The molecule has 5 unspecified atom stereocenters. The lowest BCUT2D eigenvalue weighted by Gasteiger charge is -2.39. The number of hydrogen-bond acceptors (Lipinski definition) is 0. The lowest BCUT2D eigenvalue weighted by atomic mass is 9.79. The van der Waals surface area contributed by atoms with Crippen LogP contribution in [0.25, 0.3) is 16.3 Å². The van der Waals surface area contributed by atoms with Gasteiger partial charge in [-0.2, -0.15) is 0 Å². The molecule has 0 aromatic heterocycles. The Balaban J connectivity index is 1.74. The van der Waals surface area contributed by atoms with Gasteiger partial charge in [-0.15, -0.1) is 0 Å². The van der Waals surface area contributed by atoms with Crippen molar-refractivity contribution in [1.29, 1.82) is 0 Å². The SMILES string of the molecule is CCC(C)C[Si](C)(C)C1C(C)CC2C(c3ccc(C)c4ccc(C)cc34)=CC=CC21. The quantitative estimate of drug-likeness (QED) is 0.427. The average molecular weight is 417 g/mol. The second-order valence-electron chi connectivity index (χ2n) is 11.1. The molecule has 2 aromatic carbocycles. The highest BCUT2D eigenvalue weighted by Crippen LogP contribution is 2.58. The van der Waals surface area contributed by atoms with E-state index in [1.165, 1.54) is 46.3 Å². The zero-order valence-electron chi connectivity index (χ0n) is 20.1. The fraction of sp³-hybridized carbons (Fsp3) is 0.517. The highest BCUT2D eigenvalue weighted by Gasteiger charge is 2.49. The number of allylic oxidation sites excluding steroid dienone is 4. The number of rotatable bonds is 5. The maximum atomic E-state index is 2.68. The molecule has 2 aliphatic carbocycles. The van der Waals surface area contributed by atoms with Crippen LogP contribution in [0.2, 0.25) is 24.7 Å². The topological polar surface area (TPSA) is 0 Å². The molecule has 1 heteroatoms. The first-order valence-electron chi connectivity index (χ1n) is 12.1. The van der Waals surface area contributed by atoms with Gasteiger partial charge in [0.15, 0.2) is 0 Å². The monoisotopic (exact) mass is 416 g/mol. The maximum Gasteiger partial charge on any atom is 0.0516 e. The van der Waals surface area contributed by atoms with E-state index in [9.17, 15) is 0 Å². The van der Waals surface area contributed by atoms with Crippen molar-refractivity contribution < 1.29 is 0 Å². The van der Waals surface area contributed by atoms with Crippen LogP contribution in [0.3, 0.4) is 0 Å². The van der Waals surface area contributed by atoms with Crippen molar-refractivity contribution in [3.63, 3.8) is 0 Å². The molecule has 0 heterocycles. The third-order valence-electron chi connectivity index (χ3n) is 8.30. The minimum Gasteiger partial charge on any atom is -0.0808 e. The Bertz CT molecular complexity index is 993. The van der Waals surface area contributed by atoms with Crippen molar-refractivity contribution in [3.8, 4) is 0 Å². The van der Waals surface area contributed by atoms with E-state index in [4.69, 9.17) is 0 Å². The van der Waals surface area contributed by atoms with Crippen LogP contribution in [0.4, 0.5) is 0 Å². The van der Waals surface area contributed by atoms with E-state index in [1.807, 2.05) is 0 Å². The summed E-state index contributed by atoms with van der Waals surface area (Å²) in [6, 6.07) is 13.2. The van der Waals surface area contributed by atoms with Gasteiger partial charge in [0, 0.05) is 0 Å². The van der Waals surface area contributed by atoms with Gasteiger partial charge in [0.2, 0.25) is 0 Å². The smallest absolute Gasteiger partial charge is 0.0516 e. The summed E-state index contributed by atoms with van der Waals surface area (Å²) in [7, 11) is -1.31. The lowest BCUT2D eigenvalue weighted by molar-refractivity contribution is 0.533. The molecule has 0 aliphatic heterocycles. The predicted octanol–water partition coefficient (Wildman–Crippen LogP) is 8.81. The van der Waals surface area contributed by atoms with E-state index >= 15 is 0 Å². The van der Waals surface area contributed by atoms with Crippen LogP contribution in [0.5, 0.6) is 0 Å². The summed E-state index contributed by atoms with van der Waals surface area (Å²) in [6.45, 7) is 17.2. The second-order valence-corrected chi connectivity index (χ2v) is 16.2. The fourth-order valence-corrected chi connectivity index (χ4v) is 12.4. The summed E-state index contributed by atoms with van der Waals surface area (Å²) < 4.78 is 0. The summed E-state index contributed by atoms with van der Waals surface area (Å²) in [5, 5.41) is 2.86. The van der Waals surface area contributed by atoms with Crippen LogP contribution in [0.15, 0.2) is 48.6 Å². The molecule has 0 nitrogen and oxygen atoms in total. The summed E-state index contributed by atoms with van der Waals surface area (Å²) >= 11 is 0. The molecule has 2 aliphatic rings. The molecule has 5 atom stereocenters. The number of fused-ring (bicyclic) bond motifs is 2. The van der Waals surface area contributed by atoms with Crippen molar-refractivity contribution in [2.75, 3.05) is 0 Å². The third-order valence-corrected chi connectivity index (χ3v) is 12.8. The molecular weight excluding hydrogens is 376 g/mol. The fourth-order valence-electron chi connectivity index (χ4n) is 6.96. The molecule has 0 saturated heterocycles. The van der Waals surface area contributed by atoms with Crippen molar-refractivity contribution >= 4 is 24.4 Å². The number of aryl methyl sites for hydroxylation is 2. The van der Waals surface area contributed by atoms with Crippen LogP contribution >= 0.6 is 0 Å². The minimum absolute atomic E-state index is 0.685. The summed E-state index contributed by atoms with van der Waals surface area (Å²) in [5.74, 6) is 3.11. The molecule has 0 bridgehead atoms. The predicted molar refractivity (Wildman–Crippen MR) is 137 cm³/mol. The molecule has 0 spiro atoms. The van der Waals surface area contributed by atoms with Gasteiger partial charge >= 0.3 is 0 Å². The lowest BCUT2D eigenvalue weighted by Crippen LogP contribution is -2.39. The number of hydrogen-bond donors (Lipinski definition) is 0. The van der Waals surface area contributed by atoms with Gasteiger partial charge in [-0.05, 0) is 77.0 Å². The Morgan fingerprint density at radius 2 is 1.83 bits per heavy atom. The first kappa shape index (κ1) is 21.6.